The number of alkyl halides is 3. The van der Waals surface area contributed by atoms with Gasteiger partial charge in [-0.1, -0.05) is 25.5 Å². The molecule has 22 heavy (non-hydrogen) atoms. The molecule has 6 heteroatoms. The second kappa shape index (κ2) is 8.56. The van der Waals surface area contributed by atoms with Gasteiger partial charge in [-0.05, 0) is 25.0 Å². The fourth-order valence-electron chi connectivity index (χ4n) is 1.79. The molecule has 0 radical (unpaired) electrons. The highest BCUT2D eigenvalue weighted by molar-refractivity contribution is 5.96. The topological polar surface area (TPSA) is 43.4 Å². The van der Waals surface area contributed by atoms with Crippen LogP contribution in [0.3, 0.4) is 0 Å². The van der Waals surface area contributed by atoms with E-state index in [2.05, 4.69) is 0 Å². The number of carbonyl (C=O) groups is 2. The van der Waals surface area contributed by atoms with Crippen molar-refractivity contribution in [1.82, 2.24) is 0 Å². The van der Waals surface area contributed by atoms with Crippen LogP contribution < -0.4 is 4.74 Å². The van der Waals surface area contributed by atoms with Gasteiger partial charge in [0.05, 0.1) is 6.61 Å². The van der Waals surface area contributed by atoms with Gasteiger partial charge in [0.25, 0.3) is 0 Å². The van der Waals surface area contributed by atoms with E-state index < -0.39 is 18.4 Å². The maximum atomic E-state index is 12.0. The summed E-state index contributed by atoms with van der Waals surface area (Å²) in [4.78, 5) is 22.6. The lowest BCUT2D eigenvalue weighted by molar-refractivity contribution is -0.171. The lowest BCUT2D eigenvalue weighted by Crippen LogP contribution is -2.22. The predicted octanol–water partition coefficient (Wildman–Crippen LogP) is 4.35. The second-order valence-electron chi connectivity index (χ2n) is 4.93. The molecular formula is C16H19F3O3. The standard InChI is InChI=1S/C16H19F3O3/c1-2-3-10-22-13-7-4-6-12(11-13)14(20)8-5-9-15(21)16(17,18)19/h4,6-7,11H,2-3,5,8-10H2,1H3. The van der Waals surface area contributed by atoms with Gasteiger partial charge < -0.3 is 4.74 Å². The Kier molecular flexibility index (Phi) is 7.08. The number of ketones is 2. The third-order valence-corrected chi connectivity index (χ3v) is 3.05. The van der Waals surface area contributed by atoms with Crippen LogP contribution >= 0.6 is 0 Å². The van der Waals surface area contributed by atoms with E-state index in [1.54, 1.807) is 24.3 Å². The number of carbonyl (C=O) groups excluding carboxylic acids is 2. The van der Waals surface area contributed by atoms with E-state index in [-0.39, 0.29) is 18.6 Å². The number of hydrogen-bond donors (Lipinski definition) is 0. The Labute approximate surface area is 127 Å². The highest BCUT2D eigenvalue weighted by Gasteiger charge is 2.37. The lowest BCUT2D eigenvalue weighted by Gasteiger charge is -2.07. The van der Waals surface area contributed by atoms with Gasteiger partial charge in [-0.3, -0.25) is 9.59 Å². The molecule has 0 aromatic heterocycles. The molecule has 0 aliphatic carbocycles. The van der Waals surface area contributed by atoms with Gasteiger partial charge >= 0.3 is 6.18 Å². The van der Waals surface area contributed by atoms with Gasteiger partial charge in [0, 0.05) is 18.4 Å². The van der Waals surface area contributed by atoms with Crippen LogP contribution in [0.4, 0.5) is 13.2 Å². The van der Waals surface area contributed by atoms with Crippen molar-refractivity contribution in [2.45, 2.75) is 45.2 Å². The summed E-state index contributed by atoms with van der Waals surface area (Å²) in [6.45, 7) is 2.58. The third-order valence-electron chi connectivity index (χ3n) is 3.05. The first-order chi connectivity index (χ1) is 10.3. The minimum absolute atomic E-state index is 0.0970. The molecule has 0 bridgehead atoms. The molecule has 0 spiro atoms. The van der Waals surface area contributed by atoms with E-state index in [0.717, 1.165) is 12.8 Å². The summed E-state index contributed by atoms with van der Waals surface area (Å²) in [5, 5.41) is 0. The Morgan fingerprint density at radius 3 is 2.50 bits per heavy atom. The number of benzene rings is 1. The Morgan fingerprint density at radius 2 is 1.86 bits per heavy atom. The summed E-state index contributed by atoms with van der Waals surface area (Å²) in [7, 11) is 0. The lowest BCUT2D eigenvalue weighted by atomic mass is 10.0. The van der Waals surface area contributed by atoms with E-state index in [1.807, 2.05) is 6.92 Å². The summed E-state index contributed by atoms with van der Waals surface area (Å²) >= 11 is 0. The normalized spacial score (nSPS) is 11.3. The molecular weight excluding hydrogens is 297 g/mol. The van der Waals surface area contributed by atoms with Crippen LogP contribution in [0, 0.1) is 0 Å². The van der Waals surface area contributed by atoms with Crippen molar-refractivity contribution in [3.8, 4) is 5.75 Å². The van der Waals surface area contributed by atoms with Gasteiger partial charge in [-0.15, -0.1) is 0 Å². The zero-order valence-corrected chi connectivity index (χ0v) is 12.4. The molecule has 0 amide bonds. The average Bonchev–Trinajstić information content (AvgIpc) is 2.46. The average molecular weight is 316 g/mol. The van der Waals surface area contributed by atoms with Gasteiger partial charge in [-0.25, -0.2) is 0 Å². The summed E-state index contributed by atoms with van der Waals surface area (Å²) in [5.41, 5.74) is 0.383. The van der Waals surface area contributed by atoms with Crippen LogP contribution in [0.15, 0.2) is 24.3 Å². The Hall–Kier alpha value is -1.85. The molecule has 1 rings (SSSR count). The SMILES string of the molecule is CCCCOc1cccc(C(=O)CCCC(=O)C(F)(F)F)c1. The van der Waals surface area contributed by atoms with Gasteiger partial charge in [0.1, 0.15) is 5.75 Å². The van der Waals surface area contributed by atoms with Crippen molar-refractivity contribution in [1.29, 1.82) is 0 Å². The van der Waals surface area contributed by atoms with Crippen molar-refractivity contribution in [3.63, 3.8) is 0 Å². The summed E-state index contributed by atoms with van der Waals surface area (Å²) in [6, 6.07) is 6.54. The number of halogens is 3. The first-order valence-electron chi connectivity index (χ1n) is 7.20. The smallest absolute Gasteiger partial charge is 0.449 e. The minimum Gasteiger partial charge on any atom is -0.494 e. The molecule has 3 nitrogen and oxygen atoms in total. The molecule has 1 aromatic rings. The molecule has 0 saturated carbocycles. The van der Waals surface area contributed by atoms with Crippen LogP contribution in [0.1, 0.15) is 49.4 Å². The number of rotatable bonds is 9. The Balaban J connectivity index is 2.48. The molecule has 0 heterocycles. The molecule has 0 aliphatic rings. The monoisotopic (exact) mass is 316 g/mol. The Bertz CT molecular complexity index is 510. The number of Topliss-reactive ketones (excluding diaryl/α,β-unsaturated/α-hetero) is 2. The largest absolute Gasteiger partial charge is 0.494 e. The quantitative estimate of drug-likeness (QED) is 0.502. The van der Waals surface area contributed by atoms with Crippen LogP contribution in [-0.4, -0.2) is 24.3 Å². The molecule has 0 N–H and O–H groups in total. The van der Waals surface area contributed by atoms with Crippen LogP contribution in [0.5, 0.6) is 5.75 Å². The van der Waals surface area contributed by atoms with Crippen LogP contribution in [-0.2, 0) is 4.79 Å². The molecule has 0 aliphatic heterocycles. The highest BCUT2D eigenvalue weighted by Crippen LogP contribution is 2.20. The van der Waals surface area contributed by atoms with E-state index in [4.69, 9.17) is 4.74 Å². The van der Waals surface area contributed by atoms with Crippen LogP contribution in [0.2, 0.25) is 0 Å². The van der Waals surface area contributed by atoms with Crippen LogP contribution in [0.25, 0.3) is 0 Å². The number of unbranched alkanes of at least 4 members (excludes halogenated alkanes) is 1. The van der Waals surface area contributed by atoms with Crippen molar-refractivity contribution in [3.05, 3.63) is 29.8 Å². The maximum absolute atomic E-state index is 12.0. The first kappa shape index (κ1) is 18.2. The van der Waals surface area contributed by atoms with Crippen molar-refractivity contribution in [2.24, 2.45) is 0 Å². The summed E-state index contributed by atoms with van der Waals surface area (Å²) < 4.78 is 41.6. The third kappa shape index (κ3) is 6.28. The van der Waals surface area contributed by atoms with Crippen molar-refractivity contribution >= 4 is 11.6 Å². The summed E-state index contributed by atoms with van der Waals surface area (Å²) in [5.74, 6) is -1.53. The fraction of sp³-hybridized carbons (Fsp3) is 0.500. The highest BCUT2D eigenvalue weighted by atomic mass is 19.4. The Morgan fingerprint density at radius 1 is 1.14 bits per heavy atom. The molecule has 1 aromatic carbocycles. The maximum Gasteiger partial charge on any atom is 0.449 e. The molecule has 0 unspecified atom stereocenters. The van der Waals surface area contributed by atoms with Gasteiger partial charge in [0.15, 0.2) is 5.78 Å². The van der Waals surface area contributed by atoms with Gasteiger partial charge in [-0.2, -0.15) is 13.2 Å². The van der Waals surface area contributed by atoms with Crippen molar-refractivity contribution in [2.75, 3.05) is 6.61 Å². The minimum atomic E-state index is -4.82. The van der Waals surface area contributed by atoms with E-state index in [9.17, 15) is 22.8 Å². The molecule has 122 valence electrons. The predicted molar refractivity (Wildman–Crippen MR) is 76.1 cm³/mol. The zero-order valence-electron chi connectivity index (χ0n) is 12.4. The fourth-order valence-corrected chi connectivity index (χ4v) is 1.79. The number of ether oxygens (including phenoxy) is 1. The molecule has 0 atom stereocenters. The van der Waals surface area contributed by atoms with Gasteiger partial charge in [0.2, 0.25) is 5.78 Å². The first-order valence-corrected chi connectivity index (χ1v) is 7.20. The number of hydrogen-bond acceptors (Lipinski definition) is 3. The van der Waals surface area contributed by atoms with E-state index >= 15 is 0 Å². The molecule has 0 fully saturated rings. The van der Waals surface area contributed by atoms with Crippen molar-refractivity contribution < 1.29 is 27.5 Å². The van der Waals surface area contributed by atoms with E-state index in [0.29, 0.717) is 17.9 Å². The zero-order chi connectivity index (χ0) is 16.6. The van der Waals surface area contributed by atoms with E-state index in [1.165, 1.54) is 0 Å². The summed E-state index contributed by atoms with van der Waals surface area (Å²) in [6.07, 6.45) is -3.81. The molecule has 0 saturated heterocycles. The second-order valence-corrected chi connectivity index (χ2v) is 4.93.